The van der Waals surface area contributed by atoms with Gasteiger partial charge in [0.05, 0.1) is 12.0 Å². The monoisotopic (exact) mass is 325 g/mol. The summed E-state index contributed by atoms with van der Waals surface area (Å²) >= 11 is 5.82. The molecule has 0 aliphatic rings. The molecule has 21 heavy (non-hydrogen) atoms. The molecule has 4 nitrogen and oxygen atoms in total. The van der Waals surface area contributed by atoms with Crippen LogP contribution < -0.4 is 9.46 Å². The molecule has 112 valence electrons. The van der Waals surface area contributed by atoms with E-state index in [9.17, 15) is 8.42 Å². The predicted molar refractivity (Wildman–Crippen MR) is 83.2 cm³/mol. The van der Waals surface area contributed by atoms with E-state index in [-0.39, 0.29) is 11.4 Å². The zero-order valence-corrected chi connectivity index (χ0v) is 13.3. The molecule has 0 aliphatic carbocycles. The summed E-state index contributed by atoms with van der Waals surface area (Å²) in [6.07, 6.45) is 0. The van der Waals surface area contributed by atoms with Gasteiger partial charge in [-0.05, 0) is 31.2 Å². The second kappa shape index (κ2) is 6.47. The lowest BCUT2D eigenvalue weighted by Gasteiger charge is -2.11. The van der Waals surface area contributed by atoms with Crippen LogP contribution in [-0.2, 0) is 16.6 Å². The number of nitrogens with one attached hydrogen (secondary N) is 1. The van der Waals surface area contributed by atoms with Crippen LogP contribution in [0.4, 0.5) is 0 Å². The molecule has 0 radical (unpaired) electrons. The summed E-state index contributed by atoms with van der Waals surface area (Å²) in [5.41, 5.74) is 1.82. The van der Waals surface area contributed by atoms with Crippen LogP contribution in [0.25, 0.3) is 0 Å². The fraction of sp³-hybridized carbons (Fsp3) is 0.200. The summed E-state index contributed by atoms with van der Waals surface area (Å²) in [5, 5.41) is 0.381. The molecule has 0 aromatic heterocycles. The molecule has 0 bridgehead atoms. The smallest absolute Gasteiger partial charge is 0.240 e. The Morgan fingerprint density at radius 3 is 2.62 bits per heavy atom. The fourth-order valence-electron chi connectivity index (χ4n) is 1.94. The summed E-state index contributed by atoms with van der Waals surface area (Å²) < 4.78 is 32.3. The Labute approximate surface area is 129 Å². The van der Waals surface area contributed by atoms with Crippen molar-refractivity contribution in [3.63, 3.8) is 0 Å². The zero-order valence-electron chi connectivity index (χ0n) is 11.8. The van der Waals surface area contributed by atoms with E-state index in [4.69, 9.17) is 16.3 Å². The minimum atomic E-state index is -3.61. The Balaban J connectivity index is 2.21. The molecule has 0 spiro atoms. The average molecular weight is 326 g/mol. The SMILES string of the molecule is COc1ccc(C)cc1CNS(=O)(=O)c1cccc(Cl)c1. The molecule has 0 unspecified atom stereocenters. The third kappa shape index (κ3) is 3.97. The standard InChI is InChI=1S/C15H16ClNO3S/c1-11-6-7-15(20-2)12(8-11)10-17-21(18,19)14-5-3-4-13(16)9-14/h3-9,17H,10H2,1-2H3. The van der Waals surface area contributed by atoms with Crippen molar-refractivity contribution >= 4 is 21.6 Å². The van der Waals surface area contributed by atoms with Crippen LogP contribution in [-0.4, -0.2) is 15.5 Å². The highest BCUT2D eigenvalue weighted by molar-refractivity contribution is 7.89. The average Bonchev–Trinajstić information content (AvgIpc) is 2.45. The third-order valence-corrected chi connectivity index (χ3v) is 4.63. The lowest BCUT2D eigenvalue weighted by atomic mass is 10.1. The Morgan fingerprint density at radius 2 is 1.95 bits per heavy atom. The van der Waals surface area contributed by atoms with Crippen molar-refractivity contribution in [2.24, 2.45) is 0 Å². The van der Waals surface area contributed by atoms with Crippen molar-refractivity contribution in [2.45, 2.75) is 18.4 Å². The van der Waals surface area contributed by atoms with E-state index in [1.165, 1.54) is 12.1 Å². The van der Waals surface area contributed by atoms with Gasteiger partial charge in [0.25, 0.3) is 0 Å². The van der Waals surface area contributed by atoms with E-state index in [0.29, 0.717) is 10.8 Å². The second-order valence-corrected chi connectivity index (χ2v) is 6.80. The molecule has 0 saturated heterocycles. The van der Waals surface area contributed by atoms with Crippen molar-refractivity contribution in [1.82, 2.24) is 4.72 Å². The topological polar surface area (TPSA) is 55.4 Å². The van der Waals surface area contributed by atoms with Crippen LogP contribution >= 0.6 is 11.6 Å². The summed E-state index contributed by atoms with van der Waals surface area (Å²) in [4.78, 5) is 0.140. The lowest BCUT2D eigenvalue weighted by Crippen LogP contribution is -2.23. The Kier molecular flexibility index (Phi) is 4.88. The minimum absolute atomic E-state index is 0.140. The predicted octanol–water partition coefficient (Wildman–Crippen LogP) is 3.14. The van der Waals surface area contributed by atoms with Gasteiger partial charge in [-0.2, -0.15) is 0 Å². The number of sulfonamides is 1. The molecular weight excluding hydrogens is 310 g/mol. The molecule has 0 aliphatic heterocycles. The normalized spacial score (nSPS) is 11.4. The number of hydrogen-bond donors (Lipinski definition) is 1. The van der Waals surface area contributed by atoms with Crippen LogP contribution in [0, 0.1) is 6.92 Å². The Bertz CT molecular complexity index is 744. The highest BCUT2D eigenvalue weighted by Crippen LogP contribution is 2.21. The van der Waals surface area contributed by atoms with Crippen LogP contribution in [0.1, 0.15) is 11.1 Å². The van der Waals surface area contributed by atoms with E-state index in [1.807, 2.05) is 25.1 Å². The summed E-state index contributed by atoms with van der Waals surface area (Å²) in [6.45, 7) is 2.09. The van der Waals surface area contributed by atoms with Gasteiger partial charge in [0, 0.05) is 17.1 Å². The van der Waals surface area contributed by atoms with Crippen molar-refractivity contribution < 1.29 is 13.2 Å². The number of aryl methyl sites for hydroxylation is 1. The van der Waals surface area contributed by atoms with Crippen molar-refractivity contribution in [2.75, 3.05) is 7.11 Å². The molecule has 1 N–H and O–H groups in total. The van der Waals surface area contributed by atoms with E-state index < -0.39 is 10.0 Å². The summed E-state index contributed by atoms with van der Waals surface area (Å²) in [7, 11) is -2.05. The van der Waals surface area contributed by atoms with Gasteiger partial charge in [0.1, 0.15) is 5.75 Å². The maximum Gasteiger partial charge on any atom is 0.240 e. The van der Waals surface area contributed by atoms with Gasteiger partial charge in [-0.15, -0.1) is 0 Å². The second-order valence-electron chi connectivity index (χ2n) is 4.60. The van der Waals surface area contributed by atoms with Crippen LogP contribution in [0.15, 0.2) is 47.4 Å². The first-order valence-corrected chi connectivity index (χ1v) is 8.17. The first kappa shape index (κ1) is 15.8. The van der Waals surface area contributed by atoms with Gasteiger partial charge in [-0.25, -0.2) is 13.1 Å². The van der Waals surface area contributed by atoms with Gasteiger partial charge in [-0.3, -0.25) is 0 Å². The number of hydrogen-bond acceptors (Lipinski definition) is 3. The highest BCUT2D eigenvalue weighted by Gasteiger charge is 2.15. The largest absolute Gasteiger partial charge is 0.496 e. The molecule has 2 rings (SSSR count). The molecule has 6 heteroatoms. The molecule has 0 saturated carbocycles. The number of ether oxygens (including phenoxy) is 1. The van der Waals surface area contributed by atoms with Gasteiger partial charge >= 0.3 is 0 Å². The lowest BCUT2D eigenvalue weighted by molar-refractivity contribution is 0.409. The molecule has 0 fully saturated rings. The van der Waals surface area contributed by atoms with Crippen molar-refractivity contribution in [1.29, 1.82) is 0 Å². The van der Waals surface area contributed by atoms with Crippen LogP contribution in [0.2, 0.25) is 5.02 Å². The number of halogens is 1. The molecule has 0 amide bonds. The minimum Gasteiger partial charge on any atom is -0.496 e. The Morgan fingerprint density at radius 1 is 1.19 bits per heavy atom. The zero-order chi connectivity index (χ0) is 15.5. The van der Waals surface area contributed by atoms with E-state index in [2.05, 4.69) is 4.72 Å². The third-order valence-electron chi connectivity index (χ3n) is 2.99. The first-order valence-electron chi connectivity index (χ1n) is 6.31. The van der Waals surface area contributed by atoms with Gasteiger partial charge in [0.15, 0.2) is 0 Å². The first-order chi connectivity index (χ1) is 9.92. The molecule has 2 aromatic carbocycles. The number of rotatable bonds is 5. The van der Waals surface area contributed by atoms with Crippen LogP contribution in [0.3, 0.4) is 0 Å². The van der Waals surface area contributed by atoms with E-state index >= 15 is 0 Å². The quantitative estimate of drug-likeness (QED) is 0.918. The molecule has 0 heterocycles. The van der Waals surface area contributed by atoms with E-state index in [1.54, 1.807) is 19.2 Å². The number of methoxy groups -OCH3 is 1. The summed E-state index contributed by atoms with van der Waals surface area (Å²) in [5.74, 6) is 0.648. The number of benzene rings is 2. The van der Waals surface area contributed by atoms with Crippen LogP contribution in [0.5, 0.6) is 5.75 Å². The highest BCUT2D eigenvalue weighted by atomic mass is 35.5. The molecular formula is C15H16ClNO3S. The van der Waals surface area contributed by atoms with E-state index in [0.717, 1.165) is 11.1 Å². The van der Waals surface area contributed by atoms with Crippen molar-refractivity contribution in [3.8, 4) is 5.75 Å². The van der Waals surface area contributed by atoms with Gasteiger partial charge < -0.3 is 4.74 Å². The fourth-order valence-corrected chi connectivity index (χ4v) is 3.24. The summed E-state index contributed by atoms with van der Waals surface area (Å²) in [6, 6.07) is 11.8. The maximum atomic E-state index is 12.2. The van der Waals surface area contributed by atoms with Gasteiger partial charge in [0.2, 0.25) is 10.0 Å². The van der Waals surface area contributed by atoms with Gasteiger partial charge in [-0.1, -0.05) is 35.4 Å². The van der Waals surface area contributed by atoms with Crippen molar-refractivity contribution in [3.05, 3.63) is 58.6 Å². The Hall–Kier alpha value is -1.56. The molecule has 2 aromatic rings. The molecule has 0 atom stereocenters. The maximum absolute atomic E-state index is 12.2.